The summed E-state index contributed by atoms with van der Waals surface area (Å²) < 4.78 is 0. The fourth-order valence-corrected chi connectivity index (χ4v) is 4.42. The van der Waals surface area contributed by atoms with Gasteiger partial charge in [0.05, 0.1) is 23.8 Å². The Kier molecular flexibility index (Phi) is 5.65. The zero-order chi connectivity index (χ0) is 26.2. The van der Waals surface area contributed by atoms with Crippen LogP contribution >= 0.6 is 0 Å². The molecule has 0 aliphatic heterocycles. The lowest BCUT2D eigenvalue weighted by atomic mass is 10.0. The molecule has 0 aliphatic rings. The number of benzene rings is 2. The van der Waals surface area contributed by atoms with Crippen LogP contribution in [0.1, 0.15) is 17.0 Å². The third kappa shape index (κ3) is 4.49. The van der Waals surface area contributed by atoms with Gasteiger partial charge in [-0.25, -0.2) is 19.9 Å². The Bertz CT molecular complexity index is 1720. The normalized spacial score (nSPS) is 11.6. The highest BCUT2D eigenvalue weighted by Gasteiger charge is 2.16. The summed E-state index contributed by atoms with van der Waals surface area (Å²) in [7, 11) is 0. The van der Waals surface area contributed by atoms with Gasteiger partial charge in [0.1, 0.15) is 0 Å². The van der Waals surface area contributed by atoms with Crippen LogP contribution in [0.2, 0.25) is 0 Å². The quantitative estimate of drug-likeness (QED) is 0.255. The molecule has 0 saturated heterocycles. The molecular formula is C25H23N13. The van der Waals surface area contributed by atoms with Gasteiger partial charge in [-0.05, 0) is 16.3 Å². The van der Waals surface area contributed by atoms with Crippen molar-refractivity contribution in [1.29, 1.82) is 0 Å². The lowest BCUT2D eigenvalue weighted by Gasteiger charge is -2.23. The molecule has 0 radical (unpaired) electrons. The summed E-state index contributed by atoms with van der Waals surface area (Å²) in [6.07, 6.45) is 3.32. The van der Waals surface area contributed by atoms with Crippen molar-refractivity contribution >= 4 is 56.6 Å². The van der Waals surface area contributed by atoms with Crippen LogP contribution in [0.4, 0.5) is 23.5 Å². The second-order valence-electron chi connectivity index (χ2n) is 8.78. The molecule has 13 nitrogen and oxygen atoms in total. The van der Waals surface area contributed by atoms with Crippen LogP contribution in [0.25, 0.3) is 33.1 Å². The molecule has 38 heavy (non-hydrogen) atoms. The fraction of sp³-hybridized carbons (Fsp3) is 0.120. The van der Waals surface area contributed by atoms with E-state index in [0.717, 1.165) is 16.3 Å². The SMILES string of the molecule is Nc1nc(N)c2nc(CN(Cc3cnc4nc(N)nc(N)c4n3)Cc3cccc4ccccc34)cnc2n1. The molecule has 0 aliphatic carbocycles. The van der Waals surface area contributed by atoms with Crippen LogP contribution in [0.15, 0.2) is 54.9 Å². The van der Waals surface area contributed by atoms with Crippen LogP contribution in [-0.4, -0.2) is 44.8 Å². The minimum Gasteiger partial charge on any atom is -0.382 e. The summed E-state index contributed by atoms with van der Waals surface area (Å²) in [6, 6.07) is 14.5. The molecule has 0 bridgehead atoms. The van der Waals surface area contributed by atoms with Crippen LogP contribution in [0, 0.1) is 0 Å². The first-order valence-corrected chi connectivity index (χ1v) is 11.7. The van der Waals surface area contributed by atoms with Crippen molar-refractivity contribution in [2.24, 2.45) is 0 Å². The first-order valence-electron chi connectivity index (χ1n) is 11.7. The van der Waals surface area contributed by atoms with E-state index >= 15 is 0 Å². The summed E-state index contributed by atoms with van der Waals surface area (Å²) in [5.41, 5.74) is 27.5. The van der Waals surface area contributed by atoms with Gasteiger partial charge in [-0.15, -0.1) is 0 Å². The molecule has 13 heteroatoms. The van der Waals surface area contributed by atoms with Gasteiger partial charge in [0.15, 0.2) is 34.0 Å². The fourth-order valence-electron chi connectivity index (χ4n) is 4.42. The predicted octanol–water partition coefficient (Wildman–Crippen LogP) is 1.84. The maximum atomic E-state index is 6.05. The zero-order valence-electron chi connectivity index (χ0n) is 20.2. The van der Waals surface area contributed by atoms with Gasteiger partial charge < -0.3 is 22.9 Å². The van der Waals surface area contributed by atoms with E-state index in [9.17, 15) is 0 Å². The van der Waals surface area contributed by atoms with Crippen molar-refractivity contribution in [2.75, 3.05) is 22.9 Å². The Morgan fingerprint density at radius 3 is 1.74 bits per heavy atom. The maximum absolute atomic E-state index is 6.05. The van der Waals surface area contributed by atoms with Crippen LogP contribution < -0.4 is 22.9 Å². The van der Waals surface area contributed by atoms with Crippen molar-refractivity contribution < 1.29 is 0 Å². The van der Waals surface area contributed by atoms with E-state index in [0.29, 0.717) is 53.3 Å². The summed E-state index contributed by atoms with van der Waals surface area (Å²) in [5, 5.41) is 2.32. The first kappa shape index (κ1) is 23.1. The Morgan fingerprint density at radius 1 is 0.579 bits per heavy atom. The summed E-state index contributed by atoms with van der Waals surface area (Å²) >= 11 is 0. The third-order valence-electron chi connectivity index (χ3n) is 6.05. The van der Waals surface area contributed by atoms with Gasteiger partial charge in [-0.3, -0.25) is 4.90 Å². The van der Waals surface area contributed by atoms with Gasteiger partial charge in [0, 0.05) is 19.6 Å². The van der Waals surface area contributed by atoms with E-state index in [-0.39, 0.29) is 23.5 Å². The predicted molar refractivity (Wildman–Crippen MR) is 145 cm³/mol. The minimum absolute atomic E-state index is 0.0505. The van der Waals surface area contributed by atoms with Gasteiger partial charge in [0.2, 0.25) is 11.9 Å². The van der Waals surface area contributed by atoms with Crippen molar-refractivity contribution in [3.8, 4) is 0 Å². The molecular weight excluding hydrogens is 482 g/mol. The second-order valence-corrected chi connectivity index (χ2v) is 8.78. The molecule has 4 heterocycles. The average molecular weight is 506 g/mol. The van der Waals surface area contributed by atoms with E-state index in [1.165, 1.54) is 0 Å². The topological polar surface area (TPSA) is 210 Å². The van der Waals surface area contributed by atoms with Gasteiger partial charge in [-0.2, -0.15) is 19.9 Å². The minimum atomic E-state index is 0.0505. The molecule has 2 aromatic carbocycles. The number of hydrogen-bond acceptors (Lipinski definition) is 13. The molecule has 4 aromatic heterocycles. The third-order valence-corrected chi connectivity index (χ3v) is 6.05. The monoisotopic (exact) mass is 505 g/mol. The number of hydrogen-bond donors (Lipinski definition) is 4. The summed E-state index contributed by atoms with van der Waals surface area (Å²) in [5.74, 6) is 0.458. The molecule has 0 unspecified atom stereocenters. The Balaban J connectivity index is 1.38. The Labute approximate surface area is 216 Å². The van der Waals surface area contributed by atoms with Crippen molar-refractivity contribution in [3.63, 3.8) is 0 Å². The number of aromatic nitrogens is 8. The molecule has 0 fully saturated rings. The summed E-state index contributed by atoms with van der Waals surface area (Å²) in [6.45, 7) is 1.47. The molecule has 0 atom stereocenters. The number of nitrogens with two attached hydrogens (primary N) is 4. The second kappa shape index (κ2) is 9.29. The molecule has 8 N–H and O–H groups in total. The summed E-state index contributed by atoms with van der Waals surface area (Å²) in [4.78, 5) is 36.6. The number of nitrogen functional groups attached to an aromatic ring is 4. The van der Waals surface area contributed by atoms with Crippen molar-refractivity contribution in [1.82, 2.24) is 44.8 Å². The maximum Gasteiger partial charge on any atom is 0.224 e. The Morgan fingerprint density at radius 2 is 1.13 bits per heavy atom. The highest BCUT2D eigenvalue weighted by Crippen LogP contribution is 2.23. The highest BCUT2D eigenvalue weighted by atomic mass is 15.2. The lowest BCUT2D eigenvalue weighted by Crippen LogP contribution is -2.24. The number of nitrogens with zero attached hydrogens (tertiary/aromatic N) is 9. The van der Waals surface area contributed by atoms with Gasteiger partial charge in [0.25, 0.3) is 0 Å². The van der Waals surface area contributed by atoms with Gasteiger partial charge >= 0.3 is 0 Å². The van der Waals surface area contributed by atoms with Crippen LogP contribution in [-0.2, 0) is 19.6 Å². The largest absolute Gasteiger partial charge is 0.382 e. The van der Waals surface area contributed by atoms with E-state index in [1.54, 1.807) is 12.4 Å². The zero-order valence-corrected chi connectivity index (χ0v) is 20.2. The van der Waals surface area contributed by atoms with E-state index in [4.69, 9.17) is 22.9 Å². The van der Waals surface area contributed by atoms with Crippen LogP contribution in [0.3, 0.4) is 0 Å². The van der Waals surface area contributed by atoms with E-state index in [2.05, 4.69) is 69.0 Å². The van der Waals surface area contributed by atoms with Crippen molar-refractivity contribution in [2.45, 2.75) is 19.6 Å². The standard InChI is InChI=1S/C25H23N13/c26-20-18-22(36-24(28)34-20)30-8-15(32-18)11-38(10-14-6-3-5-13-4-1-2-7-17(13)14)12-16-9-31-23-19(33-16)21(27)35-25(29)37-23/h1-9H,10-12H2,(H4,26,28,30,34,36)(H4,27,29,31,35,37). The molecule has 0 amide bonds. The smallest absolute Gasteiger partial charge is 0.224 e. The highest BCUT2D eigenvalue weighted by molar-refractivity contribution is 5.85. The Hall–Kier alpha value is -5.30. The van der Waals surface area contributed by atoms with E-state index in [1.807, 2.05) is 18.2 Å². The average Bonchev–Trinajstić information content (AvgIpc) is 2.89. The van der Waals surface area contributed by atoms with Crippen molar-refractivity contribution in [3.05, 3.63) is 71.8 Å². The van der Waals surface area contributed by atoms with Crippen LogP contribution in [0.5, 0.6) is 0 Å². The molecule has 0 saturated carbocycles. The molecule has 188 valence electrons. The number of anilines is 4. The molecule has 6 aromatic rings. The molecule has 6 rings (SSSR count). The lowest BCUT2D eigenvalue weighted by molar-refractivity contribution is 0.242. The molecule has 0 spiro atoms. The van der Waals surface area contributed by atoms with E-state index < -0.39 is 0 Å². The number of rotatable bonds is 6. The first-order chi connectivity index (χ1) is 18.4. The number of fused-ring (bicyclic) bond motifs is 3. The van der Waals surface area contributed by atoms with Gasteiger partial charge in [-0.1, -0.05) is 42.5 Å².